The van der Waals surface area contributed by atoms with Gasteiger partial charge in [0.1, 0.15) is 22.9 Å². The van der Waals surface area contributed by atoms with Crippen molar-refractivity contribution in [3.8, 4) is 18.0 Å². The third-order valence-corrected chi connectivity index (χ3v) is 5.14. The standard InChI is InChI=1S/C20H23N7O/c1-13(25-16-6-20(2,3)26(11-16)12-23)17(8-22)14-5-18(28-4)19-15(7-21)9-24-27(19)10-14/h5,8-10,16H,6,11,22H2,1-4H3/b17-8+,25-13?. The second-order valence-electron chi connectivity index (χ2n) is 7.44. The minimum absolute atomic E-state index is 0.0186. The molecule has 2 N–H and O–H groups in total. The highest BCUT2D eigenvalue weighted by molar-refractivity contribution is 6.22. The summed E-state index contributed by atoms with van der Waals surface area (Å²) in [5.41, 5.74) is 9.09. The Morgan fingerprint density at radius 2 is 2.21 bits per heavy atom. The Bertz CT molecular complexity index is 1050. The average Bonchev–Trinajstić information content (AvgIpc) is 3.20. The molecule has 0 saturated carbocycles. The Morgan fingerprint density at radius 1 is 1.46 bits per heavy atom. The number of hydrogen-bond donors (Lipinski definition) is 1. The number of aliphatic imine (C=N–C) groups is 1. The van der Waals surface area contributed by atoms with Gasteiger partial charge in [0.05, 0.1) is 25.9 Å². The molecule has 0 aromatic carbocycles. The normalized spacial score (nSPS) is 19.5. The van der Waals surface area contributed by atoms with Crippen molar-refractivity contribution < 1.29 is 4.74 Å². The van der Waals surface area contributed by atoms with Crippen LogP contribution in [-0.4, -0.2) is 45.5 Å². The second kappa shape index (κ2) is 7.24. The molecule has 1 aliphatic rings. The second-order valence-corrected chi connectivity index (χ2v) is 7.44. The van der Waals surface area contributed by atoms with E-state index in [9.17, 15) is 10.5 Å². The van der Waals surface area contributed by atoms with Gasteiger partial charge in [-0.05, 0) is 33.3 Å². The van der Waals surface area contributed by atoms with Crippen molar-refractivity contribution in [2.45, 2.75) is 38.8 Å². The molecule has 1 fully saturated rings. The number of nitrogens with zero attached hydrogens (tertiary/aromatic N) is 6. The Labute approximate surface area is 164 Å². The minimum Gasteiger partial charge on any atom is -0.494 e. The lowest BCUT2D eigenvalue weighted by Gasteiger charge is -2.25. The number of pyridine rings is 1. The maximum absolute atomic E-state index is 9.32. The van der Waals surface area contributed by atoms with E-state index in [1.54, 1.807) is 22.7 Å². The lowest BCUT2D eigenvalue weighted by Crippen LogP contribution is -2.33. The first-order valence-electron chi connectivity index (χ1n) is 8.94. The molecule has 8 nitrogen and oxygen atoms in total. The van der Waals surface area contributed by atoms with Gasteiger partial charge in [-0.2, -0.15) is 15.6 Å². The van der Waals surface area contributed by atoms with Crippen molar-refractivity contribution in [2.24, 2.45) is 10.7 Å². The average molecular weight is 377 g/mol. The van der Waals surface area contributed by atoms with E-state index in [0.29, 0.717) is 23.4 Å². The fourth-order valence-electron chi connectivity index (χ4n) is 3.71. The van der Waals surface area contributed by atoms with Crippen molar-refractivity contribution in [2.75, 3.05) is 13.7 Å². The fraction of sp³-hybridized carbons (Fsp3) is 0.400. The lowest BCUT2D eigenvalue weighted by molar-refractivity contribution is 0.262. The number of ether oxygens (including phenoxy) is 1. The predicted octanol–water partition coefficient (Wildman–Crippen LogP) is 2.31. The van der Waals surface area contributed by atoms with Crippen LogP contribution < -0.4 is 10.5 Å². The van der Waals surface area contributed by atoms with Gasteiger partial charge in [-0.1, -0.05) is 0 Å². The molecule has 0 bridgehead atoms. The van der Waals surface area contributed by atoms with Crippen LogP contribution in [0.15, 0.2) is 29.7 Å². The summed E-state index contributed by atoms with van der Waals surface area (Å²) in [6.07, 6.45) is 7.86. The van der Waals surface area contributed by atoms with Crippen LogP contribution in [0.25, 0.3) is 11.1 Å². The summed E-state index contributed by atoms with van der Waals surface area (Å²) in [6, 6.07) is 3.97. The van der Waals surface area contributed by atoms with Gasteiger partial charge >= 0.3 is 0 Å². The first kappa shape index (κ1) is 19.2. The van der Waals surface area contributed by atoms with Gasteiger partial charge in [-0.25, -0.2) is 4.52 Å². The Kier molecular flexibility index (Phi) is 4.98. The van der Waals surface area contributed by atoms with Gasteiger partial charge in [-0.15, -0.1) is 0 Å². The monoisotopic (exact) mass is 377 g/mol. The first-order chi connectivity index (χ1) is 13.3. The van der Waals surface area contributed by atoms with Crippen LogP contribution in [0.5, 0.6) is 5.75 Å². The van der Waals surface area contributed by atoms with E-state index < -0.39 is 0 Å². The van der Waals surface area contributed by atoms with Crippen LogP contribution in [-0.2, 0) is 0 Å². The van der Waals surface area contributed by atoms with Crippen molar-refractivity contribution >= 4 is 16.8 Å². The van der Waals surface area contributed by atoms with Crippen LogP contribution in [0.2, 0.25) is 0 Å². The predicted molar refractivity (Wildman–Crippen MR) is 107 cm³/mol. The molecular weight excluding hydrogens is 354 g/mol. The summed E-state index contributed by atoms with van der Waals surface area (Å²) < 4.78 is 7.08. The van der Waals surface area contributed by atoms with Crippen molar-refractivity contribution in [3.05, 3.63) is 35.8 Å². The van der Waals surface area contributed by atoms with E-state index in [0.717, 1.165) is 23.3 Å². The number of nitrogens with two attached hydrogens (primary N) is 1. The van der Waals surface area contributed by atoms with Crippen LogP contribution in [0, 0.1) is 22.8 Å². The molecule has 8 heteroatoms. The maximum Gasteiger partial charge on any atom is 0.179 e. The number of fused-ring (bicyclic) bond motifs is 1. The van der Waals surface area contributed by atoms with E-state index in [2.05, 4.69) is 17.4 Å². The van der Waals surface area contributed by atoms with Crippen LogP contribution >= 0.6 is 0 Å². The van der Waals surface area contributed by atoms with Gasteiger partial charge in [-0.3, -0.25) is 4.99 Å². The van der Waals surface area contributed by atoms with Crippen LogP contribution in [0.1, 0.15) is 38.3 Å². The molecule has 2 aromatic rings. The molecule has 0 radical (unpaired) electrons. The number of likely N-dealkylation sites (tertiary alicyclic amines) is 1. The first-order valence-corrected chi connectivity index (χ1v) is 8.94. The molecule has 1 saturated heterocycles. The Morgan fingerprint density at radius 3 is 2.79 bits per heavy atom. The van der Waals surface area contributed by atoms with E-state index in [4.69, 9.17) is 15.5 Å². The number of allylic oxidation sites excluding steroid dienone is 1. The molecule has 144 valence electrons. The third-order valence-electron chi connectivity index (χ3n) is 5.14. The van der Waals surface area contributed by atoms with E-state index >= 15 is 0 Å². The summed E-state index contributed by atoms with van der Waals surface area (Å²) in [5.74, 6) is 0.538. The van der Waals surface area contributed by atoms with Gasteiger partial charge in [0.2, 0.25) is 0 Å². The Hall–Kier alpha value is -3.52. The van der Waals surface area contributed by atoms with Crippen LogP contribution in [0.3, 0.4) is 0 Å². The summed E-state index contributed by atoms with van der Waals surface area (Å²) in [5, 5.41) is 22.8. The summed E-state index contributed by atoms with van der Waals surface area (Å²) >= 11 is 0. The van der Waals surface area contributed by atoms with Gasteiger partial charge in [0.15, 0.2) is 6.19 Å². The molecule has 3 rings (SSSR count). The summed E-state index contributed by atoms with van der Waals surface area (Å²) in [7, 11) is 1.55. The molecule has 1 aliphatic heterocycles. The summed E-state index contributed by atoms with van der Waals surface area (Å²) in [6.45, 7) is 6.58. The van der Waals surface area contributed by atoms with Crippen molar-refractivity contribution in [1.29, 1.82) is 10.5 Å². The lowest BCUT2D eigenvalue weighted by atomic mass is 10.00. The maximum atomic E-state index is 9.32. The topological polar surface area (TPSA) is 116 Å². The quantitative estimate of drug-likeness (QED) is 0.646. The van der Waals surface area contributed by atoms with Gasteiger partial charge in [0, 0.05) is 34.8 Å². The molecule has 0 aliphatic carbocycles. The zero-order valence-corrected chi connectivity index (χ0v) is 16.5. The highest BCUT2D eigenvalue weighted by Gasteiger charge is 2.38. The highest BCUT2D eigenvalue weighted by Crippen LogP contribution is 2.31. The number of aromatic nitrogens is 2. The molecule has 2 aromatic heterocycles. The van der Waals surface area contributed by atoms with Gasteiger partial charge in [0.25, 0.3) is 0 Å². The SMILES string of the molecule is COc1cc(/C(=C/N)C(C)=NC2CN(C#N)C(C)(C)C2)cn2ncc(C#N)c12. The number of hydrogen-bond acceptors (Lipinski definition) is 7. The zero-order valence-electron chi connectivity index (χ0n) is 16.5. The van der Waals surface area contributed by atoms with E-state index in [-0.39, 0.29) is 11.6 Å². The molecule has 3 heterocycles. The zero-order chi connectivity index (χ0) is 20.5. The van der Waals surface area contributed by atoms with Crippen molar-refractivity contribution in [3.63, 3.8) is 0 Å². The molecule has 0 amide bonds. The van der Waals surface area contributed by atoms with Crippen molar-refractivity contribution in [1.82, 2.24) is 14.5 Å². The van der Waals surface area contributed by atoms with Crippen LogP contribution in [0.4, 0.5) is 0 Å². The minimum atomic E-state index is -0.208. The molecule has 1 atom stereocenters. The third kappa shape index (κ3) is 3.25. The molecular formula is C20H23N7O. The van der Waals surface area contributed by atoms with E-state index in [1.807, 2.05) is 26.8 Å². The fourth-order valence-corrected chi connectivity index (χ4v) is 3.71. The molecule has 0 spiro atoms. The number of nitriles is 2. The smallest absolute Gasteiger partial charge is 0.179 e. The Balaban J connectivity index is 1.98. The van der Waals surface area contributed by atoms with E-state index in [1.165, 1.54) is 12.4 Å². The number of rotatable bonds is 4. The summed E-state index contributed by atoms with van der Waals surface area (Å²) in [4.78, 5) is 6.59. The van der Waals surface area contributed by atoms with Gasteiger partial charge < -0.3 is 15.4 Å². The molecule has 28 heavy (non-hydrogen) atoms. The molecule has 1 unspecified atom stereocenters. The number of methoxy groups -OCH3 is 1. The largest absolute Gasteiger partial charge is 0.494 e. The highest BCUT2D eigenvalue weighted by atomic mass is 16.5.